The van der Waals surface area contributed by atoms with E-state index in [1.54, 1.807) is 0 Å². The molecule has 1 fully saturated rings. The number of amides is 1. The van der Waals surface area contributed by atoms with E-state index in [0.29, 0.717) is 13.1 Å². The maximum Gasteiger partial charge on any atom is 0.258 e. The standard InChI is InChI=1S/C10H8BrF2NO/c11-9-7(13)3-2-6(12)8(9)10(15)14-4-1-5-14/h2-3H,1,4-5H2. The lowest BCUT2D eigenvalue weighted by Gasteiger charge is -2.31. The second kappa shape index (κ2) is 3.89. The van der Waals surface area contributed by atoms with Crippen molar-refractivity contribution in [3.8, 4) is 0 Å². The topological polar surface area (TPSA) is 20.3 Å². The largest absolute Gasteiger partial charge is 0.338 e. The Morgan fingerprint density at radius 3 is 2.40 bits per heavy atom. The minimum Gasteiger partial charge on any atom is -0.338 e. The van der Waals surface area contributed by atoms with Crippen molar-refractivity contribution in [3.05, 3.63) is 33.8 Å². The number of carbonyl (C=O) groups excluding carboxylic acids is 1. The summed E-state index contributed by atoms with van der Waals surface area (Å²) in [5.74, 6) is -1.77. The Morgan fingerprint density at radius 1 is 1.27 bits per heavy atom. The van der Waals surface area contributed by atoms with Crippen molar-refractivity contribution in [1.82, 2.24) is 4.90 Å². The molecule has 1 saturated heterocycles. The van der Waals surface area contributed by atoms with Crippen LogP contribution in [0.4, 0.5) is 8.78 Å². The Hall–Kier alpha value is -0.970. The molecule has 0 saturated carbocycles. The second-order valence-electron chi connectivity index (χ2n) is 3.36. The molecule has 0 spiro atoms. The highest BCUT2D eigenvalue weighted by molar-refractivity contribution is 9.10. The van der Waals surface area contributed by atoms with Gasteiger partial charge in [-0.2, -0.15) is 0 Å². The zero-order valence-electron chi connectivity index (χ0n) is 7.77. The Bertz CT molecular complexity index is 418. The summed E-state index contributed by atoms with van der Waals surface area (Å²) in [6.07, 6.45) is 0.917. The number of benzene rings is 1. The van der Waals surface area contributed by atoms with Crippen LogP contribution < -0.4 is 0 Å². The van der Waals surface area contributed by atoms with Crippen molar-refractivity contribution in [2.75, 3.05) is 13.1 Å². The monoisotopic (exact) mass is 275 g/mol. The van der Waals surface area contributed by atoms with Crippen molar-refractivity contribution in [3.63, 3.8) is 0 Å². The van der Waals surface area contributed by atoms with E-state index in [4.69, 9.17) is 0 Å². The summed E-state index contributed by atoms with van der Waals surface area (Å²) in [6.45, 7) is 1.22. The summed E-state index contributed by atoms with van der Waals surface area (Å²) >= 11 is 2.89. The molecule has 1 heterocycles. The Balaban J connectivity index is 2.41. The number of hydrogen-bond donors (Lipinski definition) is 0. The van der Waals surface area contributed by atoms with Crippen LogP contribution >= 0.6 is 15.9 Å². The van der Waals surface area contributed by atoms with Gasteiger partial charge < -0.3 is 4.90 Å². The molecule has 0 aliphatic carbocycles. The molecule has 0 atom stereocenters. The summed E-state index contributed by atoms with van der Waals surface area (Å²) in [6, 6.07) is 1.96. The lowest BCUT2D eigenvalue weighted by molar-refractivity contribution is 0.0645. The van der Waals surface area contributed by atoms with Gasteiger partial charge in [-0.3, -0.25) is 4.79 Å². The predicted molar refractivity (Wildman–Crippen MR) is 54.6 cm³/mol. The summed E-state index contributed by atoms with van der Waals surface area (Å²) in [7, 11) is 0. The van der Waals surface area contributed by atoms with E-state index in [0.717, 1.165) is 18.6 Å². The van der Waals surface area contributed by atoms with E-state index in [2.05, 4.69) is 15.9 Å². The van der Waals surface area contributed by atoms with Crippen LogP contribution in [-0.4, -0.2) is 23.9 Å². The fraction of sp³-hybridized carbons (Fsp3) is 0.300. The Labute approximate surface area is 94.0 Å². The van der Waals surface area contributed by atoms with Crippen molar-refractivity contribution in [1.29, 1.82) is 0 Å². The summed E-state index contributed by atoms with van der Waals surface area (Å²) in [4.78, 5) is 13.2. The zero-order chi connectivity index (χ0) is 11.0. The lowest BCUT2D eigenvalue weighted by Crippen LogP contribution is -2.42. The van der Waals surface area contributed by atoms with Gasteiger partial charge in [0.25, 0.3) is 5.91 Å². The van der Waals surface area contributed by atoms with Gasteiger partial charge in [-0.25, -0.2) is 8.78 Å². The van der Waals surface area contributed by atoms with Gasteiger partial charge in [0.2, 0.25) is 0 Å². The smallest absolute Gasteiger partial charge is 0.258 e. The van der Waals surface area contributed by atoms with Crippen molar-refractivity contribution >= 4 is 21.8 Å². The number of carbonyl (C=O) groups is 1. The molecule has 2 rings (SSSR count). The van der Waals surface area contributed by atoms with Gasteiger partial charge in [0.05, 0.1) is 10.0 Å². The molecule has 80 valence electrons. The normalized spacial score (nSPS) is 15.0. The molecule has 0 radical (unpaired) electrons. The third kappa shape index (κ3) is 1.76. The molecule has 0 N–H and O–H groups in total. The van der Waals surface area contributed by atoms with Crippen LogP contribution in [0, 0.1) is 11.6 Å². The van der Waals surface area contributed by atoms with Gasteiger partial charge in [-0.1, -0.05) is 0 Å². The second-order valence-corrected chi connectivity index (χ2v) is 4.16. The number of nitrogens with zero attached hydrogens (tertiary/aromatic N) is 1. The van der Waals surface area contributed by atoms with E-state index in [1.165, 1.54) is 4.90 Å². The van der Waals surface area contributed by atoms with Gasteiger partial charge in [-0.15, -0.1) is 0 Å². The van der Waals surface area contributed by atoms with Crippen LogP contribution in [0.25, 0.3) is 0 Å². The fourth-order valence-electron chi connectivity index (χ4n) is 1.40. The van der Waals surface area contributed by atoms with Crippen LogP contribution in [0.2, 0.25) is 0 Å². The number of rotatable bonds is 1. The number of likely N-dealkylation sites (tertiary alicyclic amines) is 1. The van der Waals surface area contributed by atoms with Gasteiger partial charge in [-0.05, 0) is 34.5 Å². The first kappa shape index (κ1) is 10.5. The highest BCUT2D eigenvalue weighted by atomic mass is 79.9. The molecule has 5 heteroatoms. The van der Waals surface area contributed by atoms with Gasteiger partial charge in [0.15, 0.2) is 0 Å². The average molecular weight is 276 g/mol. The van der Waals surface area contributed by atoms with Crippen molar-refractivity contribution in [2.24, 2.45) is 0 Å². The molecular weight excluding hydrogens is 268 g/mol. The van der Waals surface area contributed by atoms with Crippen LogP contribution in [0.1, 0.15) is 16.8 Å². The number of halogens is 3. The average Bonchev–Trinajstić information content (AvgIpc) is 2.09. The maximum absolute atomic E-state index is 13.4. The third-order valence-corrected chi connectivity index (χ3v) is 3.18. The van der Waals surface area contributed by atoms with Gasteiger partial charge in [0, 0.05) is 13.1 Å². The summed E-state index contributed by atoms with van der Waals surface area (Å²) in [5, 5.41) is 0. The zero-order valence-corrected chi connectivity index (χ0v) is 9.35. The highest BCUT2D eigenvalue weighted by Gasteiger charge is 2.27. The van der Waals surface area contributed by atoms with Crippen LogP contribution in [0.3, 0.4) is 0 Å². The quantitative estimate of drug-likeness (QED) is 0.722. The minimum absolute atomic E-state index is 0.0978. The molecule has 1 aliphatic rings. The highest BCUT2D eigenvalue weighted by Crippen LogP contribution is 2.26. The van der Waals surface area contributed by atoms with E-state index in [9.17, 15) is 13.6 Å². The molecule has 2 nitrogen and oxygen atoms in total. The first-order valence-corrected chi connectivity index (χ1v) is 5.33. The molecule has 1 aromatic carbocycles. The first-order valence-electron chi connectivity index (χ1n) is 4.54. The molecule has 15 heavy (non-hydrogen) atoms. The van der Waals surface area contributed by atoms with Crippen LogP contribution in [0.15, 0.2) is 16.6 Å². The SMILES string of the molecule is O=C(c1c(F)ccc(F)c1Br)N1CCC1. The van der Waals surface area contributed by atoms with E-state index < -0.39 is 17.5 Å². The molecule has 1 aliphatic heterocycles. The molecule has 1 amide bonds. The van der Waals surface area contributed by atoms with Crippen molar-refractivity contribution in [2.45, 2.75) is 6.42 Å². The van der Waals surface area contributed by atoms with Gasteiger partial charge in [0.1, 0.15) is 11.6 Å². The Kier molecular flexibility index (Phi) is 2.73. The van der Waals surface area contributed by atoms with E-state index >= 15 is 0 Å². The molecule has 0 unspecified atom stereocenters. The Morgan fingerprint density at radius 2 is 1.87 bits per heavy atom. The van der Waals surface area contributed by atoms with Gasteiger partial charge >= 0.3 is 0 Å². The molecular formula is C10H8BrF2NO. The molecule has 0 bridgehead atoms. The summed E-state index contributed by atoms with van der Waals surface area (Å²) in [5.41, 5.74) is -0.213. The molecule has 0 aromatic heterocycles. The van der Waals surface area contributed by atoms with Crippen LogP contribution in [-0.2, 0) is 0 Å². The van der Waals surface area contributed by atoms with E-state index in [-0.39, 0.29) is 10.0 Å². The minimum atomic E-state index is -0.694. The third-order valence-electron chi connectivity index (χ3n) is 2.40. The fourth-order valence-corrected chi connectivity index (χ4v) is 1.89. The van der Waals surface area contributed by atoms with E-state index in [1.807, 2.05) is 0 Å². The maximum atomic E-state index is 13.4. The first-order chi connectivity index (χ1) is 7.11. The molecule has 1 aromatic rings. The van der Waals surface area contributed by atoms with Crippen LogP contribution in [0.5, 0.6) is 0 Å². The number of hydrogen-bond acceptors (Lipinski definition) is 1. The summed E-state index contributed by atoms with van der Waals surface area (Å²) < 4.78 is 26.4. The lowest BCUT2D eigenvalue weighted by atomic mass is 10.1. The predicted octanol–water partition coefficient (Wildman–Crippen LogP) is 2.57. The van der Waals surface area contributed by atoms with Crippen molar-refractivity contribution < 1.29 is 13.6 Å².